The number of rotatable bonds is 3. The number of nitrogens with one attached hydrogen (secondary N) is 1. The maximum Gasteiger partial charge on any atom is 0.337 e. The van der Waals surface area contributed by atoms with Crippen molar-refractivity contribution in [1.29, 1.82) is 0 Å². The van der Waals surface area contributed by atoms with Crippen LogP contribution in [0, 0.1) is 3.57 Å². The Morgan fingerprint density at radius 1 is 1.24 bits per heavy atom. The highest BCUT2D eigenvalue weighted by atomic mass is 127. The molecule has 1 amide bonds. The van der Waals surface area contributed by atoms with E-state index >= 15 is 0 Å². The quantitative estimate of drug-likeness (QED) is 0.774. The SMILES string of the molecule is Cn1ccc(C(=O)Nc2ccc(I)cc2C(=O)O)cc1=O. The molecule has 0 atom stereocenters. The molecule has 0 aliphatic heterocycles. The molecule has 0 bridgehead atoms. The third kappa shape index (κ3) is 3.48. The van der Waals surface area contributed by atoms with Crippen LogP contribution in [0.3, 0.4) is 0 Å². The summed E-state index contributed by atoms with van der Waals surface area (Å²) in [5, 5.41) is 11.7. The molecule has 0 saturated heterocycles. The highest BCUT2D eigenvalue weighted by Gasteiger charge is 2.14. The predicted molar refractivity (Wildman–Crippen MR) is 85.8 cm³/mol. The summed E-state index contributed by atoms with van der Waals surface area (Å²) >= 11 is 1.99. The molecule has 2 rings (SSSR count). The molecule has 0 saturated carbocycles. The van der Waals surface area contributed by atoms with E-state index in [1.165, 1.54) is 35.0 Å². The van der Waals surface area contributed by atoms with E-state index in [-0.39, 0.29) is 22.4 Å². The number of carboxylic acids is 1. The van der Waals surface area contributed by atoms with Crippen molar-refractivity contribution < 1.29 is 14.7 Å². The molecule has 2 N–H and O–H groups in total. The molecule has 0 aliphatic carbocycles. The van der Waals surface area contributed by atoms with Gasteiger partial charge in [-0.15, -0.1) is 0 Å². The summed E-state index contributed by atoms with van der Waals surface area (Å²) in [4.78, 5) is 34.8. The zero-order valence-corrected chi connectivity index (χ0v) is 13.1. The van der Waals surface area contributed by atoms with Crippen LogP contribution in [0.15, 0.2) is 41.3 Å². The topological polar surface area (TPSA) is 88.4 Å². The summed E-state index contributed by atoms with van der Waals surface area (Å²) in [7, 11) is 1.58. The first-order valence-electron chi connectivity index (χ1n) is 5.89. The van der Waals surface area contributed by atoms with E-state index in [9.17, 15) is 14.4 Å². The lowest BCUT2D eigenvalue weighted by molar-refractivity contribution is 0.0698. The number of hydrogen-bond donors (Lipinski definition) is 2. The normalized spacial score (nSPS) is 10.2. The van der Waals surface area contributed by atoms with Crippen LogP contribution in [0.25, 0.3) is 0 Å². The van der Waals surface area contributed by atoms with Crippen LogP contribution in [0.1, 0.15) is 20.7 Å². The number of aromatic nitrogens is 1. The standard InChI is InChI=1S/C14H11IN2O4/c1-17-5-4-8(6-12(17)18)13(19)16-11-3-2-9(15)7-10(11)14(20)21/h2-7H,1H3,(H,16,19)(H,20,21). The summed E-state index contributed by atoms with van der Waals surface area (Å²) in [6.45, 7) is 0. The lowest BCUT2D eigenvalue weighted by Gasteiger charge is -2.09. The van der Waals surface area contributed by atoms with E-state index in [0.717, 1.165) is 3.57 Å². The van der Waals surface area contributed by atoms with Gasteiger partial charge in [-0.25, -0.2) is 4.79 Å². The third-order valence-electron chi connectivity index (χ3n) is 2.83. The van der Waals surface area contributed by atoms with Crippen molar-refractivity contribution in [2.24, 2.45) is 7.05 Å². The fraction of sp³-hybridized carbons (Fsp3) is 0.0714. The number of nitrogens with zero attached hydrogens (tertiary/aromatic N) is 1. The van der Waals surface area contributed by atoms with E-state index in [1.807, 2.05) is 22.6 Å². The van der Waals surface area contributed by atoms with Crippen LogP contribution in [-0.2, 0) is 7.05 Å². The molecule has 0 aliphatic rings. The van der Waals surface area contributed by atoms with Gasteiger partial charge in [-0.05, 0) is 46.9 Å². The number of hydrogen-bond acceptors (Lipinski definition) is 3. The van der Waals surface area contributed by atoms with E-state index < -0.39 is 11.9 Å². The van der Waals surface area contributed by atoms with Gasteiger partial charge in [-0.3, -0.25) is 9.59 Å². The predicted octanol–water partition coefficient (Wildman–Crippen LogP) is 1.94. The molecule has 108 valence electrons. The maximum absolute atomic E-state index is 12.1. The van der Waals surface area contributed by atoms with Crippen molar-refractivity contribution in [2.75, 3.05) is 5.32 Å². The van der Waals surface area contributed by atoms with Crippen LogP contribution in [0.5, 0.6) is 0 Å². The van der Waals surface area contributed by atoms with Gasteiger partial charge in [-0.1, -0.05) is 0 Å². The van der Waals surface area contributed by atoms with Gasteiger partial charge in [0.2, 0.25) is 0 Å². The molecule has 1 aromatic carbocycles. The van der Waals surface area contributed by atoms with Gasteiger partial charge in [0.05, 0.1) is 11.3 Å². The van der Waals surface area contributed by atoms with Crippen LogP contribution < -0.4 is 10.9 Å². The number of aryl methyl sites for hydroxylation is 1. The number of anilines is 1. The molecule has 0 spiro atoms. The number of halogens is 1. The lowest BCUT2D eigenvalue weighted by atomic mass is 10.1. The summed E-state index contributed by atoms with van der Waals surface area (Å²) in [5.74, 6) is -1.66. The van der Waals surface area contributed by atoms with Gasteiger partial charge in [0.1, 0.15) is 0 Å². The number of amides is 1. The Balaban J connectivity index is 2.33. The second kappa shape index (κ2) is 6.08. The number of pyridine rings is 1. The molecule has 7 heteroatoms. The van der Waals surface area contributed by atoms with E-state index in [4.69, 9.17) is 5.11 Å². The van der Waals surface area contributed by atoms with Crippen molar-refractivity contribution in [3.8, 4) is 0 Å². The lowest BCUT2D eigenvalue weighted by Crippen LogP contribution is -2.20. The minimum atomic E-state index is -1.13. The van der Waals surface area contributed by atoms with Crippen molar-refractivity contribution in [3.05, 3.63) is 61.6 Å². The van der Waals surface area contributed by atoms with Gasteiger partial charge in [0.15, 0.2) is 0 Å². The van der Waals surface area contributed by atoms with Crippen LogP contribution >= 0.6 is 22.6 Å². The number of carboxylic acid groups (broad SMARTS) is 1. The molecule has 1 aromatic heterocycles. The van der Waals surface area contributed by atoms with Crippen molar-refractivity contribution in [2.45, 2.75) is 0 Å². The average Bonchev–Trinajstić information content (AvgIpc) is 2.43. The smallest absolute Gasteiger partial charge is 0.337 e. The largest absolute Gasteiger partial charge is 0.478 e. The first kappa shape index (κ1) is 15.2. The van der Waals surface area contributed by atoms with E-state index in [1.54, 1.807) is 13.1 Å². The van der Waals surface area contributed by atoms with Crippen LogP contribution in [0.2, 0.25) is 0 Å². The van der Waals surface area contributed by atoms with E-state index in [0.29, 0.717) is 0 Å². The van der Waals surface area contributed by atoms with Crippen LogP contribution in [-0.4, -0.2) is 21.6 Å². The average molecular weight is 398 g/mol. The molecule has 21 heavy (non-hydrogen) atoms. The molecule has 0 fully saturated rings. The van der Waals surface area contributed by atoms with Gasteiger partial charge < -0.3 is 15.0 Å². The number of carbonyl (C=O) groups excluding carboxylic acids is 1. The summed E-state index contributed by atoms with van der Waals surface area (Å²) in [6.07, 6.45) is 1.48. The second-order valence-corrected chi connectivity index (χ2v) is 5.56. The highest BCUT2D eigenvalue weighted by Crippen LogP contribution is 2.19. The van der Waals surface area contributed by atoms with Crippen molar-refractivity contribution in [3.63, 3.8) is 0 Å². The first-order chi connectivity index (χ1) is 9.88. The Labute approximate surface area is 133 Å². The van der Waals surface area contributed by atoms with E-state index in [2.05, 4.69) is 5.32 Å². The molecule has 6 nitrogen and oxygen atoms in total. The number of aromatic carboxylic acids is 1. The highest BCUT2D eigenvalue weighted by molar-refractivity contribution is 14.1. The van der Waals surface area contributed by atoms with Gasteiger partial charge in [0.25, 0.3) is 11.5 Å². The second-order valence-electron chi connectivity index (χ2n) is 4.31. The summed E-state index contributed by atoms with van der Waals surface area (Å²) < 4.78 is 2.08. The fourth-order valence-corrected chi connectivity index (χ4v) is 2.18. The van der Waals surface area contributed by atoms with Gasteiger partial charge >= 0.3 is 5.97 Å². The summed E-state index contributed by atoms with van der Waals surface area (Å²) in [6, 6.07) is 7.35. The minimum absolute atomic E-state index is 0.000849. The van der Waals surface area contributed by atoms with Crippen molar-refractivity contribution in [1.82, 2.24) is 4.57 Å². The molecular weight excluding hydrogens is 387 g/mol. The molecule has 1 heterocycles. The zero-order chi connectivity index (χ0) is 15.6. The Morgan fingerprint density at radius 3 is 2.57 bits per heavy atom. The Hall–Kier alpha value is -2.16. The van der Waals surface area contributed by atoms with Gasteiger partial charge in [0, 0.05) is 28.4 Å². The molecule has 0 radical (unpaired) electrons. The first-order valence-corrected chi connectivity index (χ1v) is 6.97. The molecular formula is C14H11IN2O4. The monoisotopic (exact) mass is 398 g/mol. The zero-order valence-electron chi connectivity index (χ0n) is 11.0. The Bertz CT molecular complexity index is 783. The van der Waals surface area contributed by atoms with Crippen molar-refractivity contribution >= 4 is 40.2 Å². The van der Waals surface area contributed by atoms with Gasteiger partial charge in [-0.2, -0.15) is 0 Å². The number of carbonyl (C=O) groups is 2. The third-order valence-corrected chi connectivity index (χ3v) is 3.50. The molecule has 2 aromatic rings. The maximum atomic E-state index is 12.1. The Kier molecular flexibility index (Phi) is 4.41. The molecule has 0 unspecified atom stereocenters. The van der Waals surface area contributed by atoms with Crippen LogP contribution in [0.4, 0.5) is 5.69 Å². The Morgan fingerprint density at radius 2 is 1.95 bits per heavy atom. The fourth-order valence-electron chi connectivity index (χ4n) is 1.69. The minimum Gasteiger partial charge on any atom is -0.478 e. The number of benzene rings is 1. The summed E-state index contributed by atoms with van der Waals surface area (Å²) in [5.41, 5.74) is 0.0457.